The van der Waals surface area contributed by atoms with Crippen LogP contribution in [0.15, 0.2) is 41.6 Å². The minimum absolute atomic E-state index is 0.114. The minimum atomic E-state index is -3.98. The van der Waals surface area contributed by atoms with Gasteiger partial charge in [-0.25, -0.2) is 8.42 Å². The number of amides is 1. The maximum Gasteiger partial charge on any atom is 0.327 e. The summed E-state index contributed by atoms with van der Waals surface area (Å²) in [6.45, 7) is 1.14. The predicted octanol–water partition coefficient (Wildman–Crippen LogP) is 1.48. The second-order valence-electron chi connectivity index (χ2n) is 6.45. The summed E-state index contributed by atoms with van der Waals surface area (Å²) >= 11 is 0. The molecule has 1 aliphatic rings. The van der Waals surface area contributed by atoms with E-state index in [2.05, 4.69) is 14.6 Å². The molecule has 0 atom stereocenters. The highest BCUT2D eigenvalue weighted by Crippen LogP contribution is 2.23. The Balaban J connectivity index is 1.81. The molecule has 0 radical (unpaired) electrons. The van der Waals surface area contributed by atoms with Crippen molar-refractivity contribution in [1.29, 1.82) is 0 Å². The van der Waals surface area contributed by atoms with Crippen molar-refractivity contribution >= 4 is 27.6 Å². The number of hydrogen-bond donors (Lipinski definition) is 1. The Labute approximate surface area is 163 Å². The van der Waals surface area contributed by atoms with Crippen molar-refractivity contribution in [2.75, 3.05) is 24.9 Å². The smallest absolute Gasteiger partial charge is 0.327 e. The molecule has 10 heteroatoms. The van der Waals surface area contributed by atoms with Crippen LogP contribution in [-0.4, -0.2) is 55.2 Å². The first-order valence-electron chi connectivity index (χ1n) is 8.91. The largest absolute Gasteiger partial charge is 0.468 e. The van der Waals surface area contributed by atoms with E-state index < -0.39 is 16.0 Å². The molecule has 1 saturated heterocycles. The van der Waals surface area contributed by atoms with Gasteiger partial charge in [0.15, 0.2) is 0 Å². The maximum absolute atomic E-state index is 12.8. The number of anilines is 1. The molecule has 150 valence electrons. The number of para-hydroxylation sites is 1. The number of ether oxygens (including phenoxy) is 1. The summed E-state index contributed by atoms with van der Waals surface area (Å²) in [6, 6.07) is 6.51. The van der Waals surface area contributed by atoms with Gasteiger partial charge in [-0.3, -0.25) is 19.0 Å². The SMILES string of the molecule is COC(=O)Cn1cc(S(=O)(=O)Nc2ccccc2C(=O)N2CCCCC2)cn1. The molecule has 0 unspecified atom stereocenters. The van der Waals surface area contributed by atoms with Crippen molar-refractivity contribution in [1.82, 2.24) is 14.7 Å². The Morgan fingerprint density at radius 1 is 1.18 bits per heavy atom. The predicted molar refractivity (Wildman–Crippen MR) is 101 cm³/mol. The van der Waals surface area contributed by atoms with Crippen molar-refractivity contribution in [3.8, 4) is 0 Å². The van der Waals surface area contributed by atoms with Crippen LogP contribution in [0.5, 0.6) is 0 Å². The molecule has 3 rings (SSSR count). The first-order chi connectivity index (χ1) is 13.4. The summed E-state index contributed by atoms with van der Waals surface area (Å²) in [4.78, 5) is 25.8. The van der Waals surface area contributed by atoms with Gasteiger partial charge in [-0.1, -0.05) is 12.1 Å². The van der Waals surface area contributed by atoms with Crippen molar-refractivity contribution < 1.29 is 22.7 Å². The number of methoxy groups -OCH3 is 1. The third kappa shape index (κ3) is 4.50. The number of likely N-dealkylation sites (tertiary alicyclic amines) is 1. The van der Waals surface area contributed by atoms with E-state index in [1.807, 2.05) is 0 Å². The summed E-state index contributed by atoms with van der Waals surface area (Å²) in [7, 11) is -2.74. The van der Waals surface area contributed by atoms with Crippen LogP contribution >= 0.6 is 0 Å². The number of sulfonamides is 1. The van der Waals surface area contributed by atoms with Gasteiger partial charge in [0.25, 0.3) is 15.9 Å². The number of rotatable bonds is 6. The van der Waals surface area contributed by atoms with Gasteiger partial charge < -0.3 is 9.64 Å². The first kappa shape index (κ1) is 19.9. The molecule has 1 aromatic carbocycles. The van der Waals surface area contributed by atoms with Crippen molar-refractivity contribution in [2.24, 2.45) is 0 Å². The number of esters is 1. The number of nitrogens with one attached hydrogen (secondary N) is 1. The molecule has 1 aliphatic heterocycles. The highest BCUT2D eigenvalue weighted by Gasteiger charge is 2.24. The molecule has 0 bridgehead atoms. The minimum Gasteiger partial charge on any atom is -0.468 e. The second kappa shape index (κ2) is 8.42. The highest BCUT2D eigenvalue weighted by molar-refractivity contribution is 7.92. The van der Waals surface area contributed by atoms with E-state index in [-0.39, 0.29) is 23.0 Å². The summed E-state index contributed by atoms with van der Waals surface area (Å²) < 4.78 is 33.6. The Morgan fingerprint density at radius 3 is 2.61 bits per heavy atom. The lowest BCUT2D eigenvalue weighted by Gasteiger charge is -2.27. The number of piperidine rings is 1. The first-order valence-corrected chi connectivity index (χ1v) is 10.4. The van der Waals surface area contributed by atoms with Gasteiger partial charge in [0, 0.05) is 19.3 Å². The molecular weight excluding hydrogens is 384 g/mol. The quantitative estimate of drug-likeness (QED) is 0.728. The topological polar surface area (TPSA) is 111 Å². The highest BCUT2D eigenvalue weighted by atomic mass is 32.2. The molecule has 1 N–H and O–H groups in total. The van der Waals surface area contributed by atoms with E-state index in [0.717, 1.165) is 25.5 Å². The lowest BCUT2D eigenvalue weighted by atomic mass is 10.1. The molecule has 1 aromatic heterocycles. The number of nitrogens with zero attached hydrogens (tertiary/aromatic N) is 3. The lowest BCUT2D eigenvalue weighted by Crippen LogP contribution is -2.36. The molecule has 0 aliphatic carbocycles. The second-order valence-corrected chi connectivity index (χ2v) is 8.14. The molecule has 1 amide bonds. The molecule has 9 nitrogen and oxygen atoms in total. The van der Waals surface area contributed by atoms with Crippen LogP contribution in [0.1, 0.15) is 29.6 Å². The fourth-order valence-corrected chi connectivity index (χ4v) is 4.03. The van der Waals surface area contributed by atoms with Gasteiger partial charge in [0.1, 0.15) is 11.4 Å². The average molecular weight is 406 g/mol. The zero-order valence-electron chi connectivity index (χ0n) is 15.5. The van der Waals surface area contributed by atoms with E-state index in [1.54, 1.807) is 29.2 Å². The Hall–Kier alpha value is -2.88. The normalized spacial score (nSPS) is 14.5. The van der Waals surface area contributed by atoms with Crippen LogP contribution < -0.4 is 4.72 Å². The van der Waals surface area contributed by atoms with Gasteiger partial charge in [0.05, 0.1) is 24.6 Å². The maximum atomic E-state index is 12.8. The fraction of sp³-hybridized carbons (Fsp3) is 0.389. The monoisotopic (exact) mass is 406 g/mol. The van der Waals surface area contributed by atoms with Crippen LogP contribution in [0.2, 0.25) is 0 Å². The number of aromatic nitrogens is 2. The average Bonchev–Trinajstić information content (AvgIpc) is 3.17. The molecule has 2 heterocycles. The van der Waals surface area contributed by atoms with Gasteiger partial charge in [-0.05, 0) is 31.4 Å². The summed E-state index contributed by atoms with van der Waals surface area (Å²) in [5, 5.41) is 3.86. The fourth-order valence-electron chi connectivity index (χ4n) is 3.00. The van der Waals surface area contributed by atoms with E-state index in [1.165, 1.54) is 18.0 Å². The molecule has 2 aromatic rings. The standard InChI is InChI=1S/C18H22N4O5S/c1-27-17(23)13-22-12-14(11-19-22)28(25,26)20-16-8-4-3-7-15(16)18(24)21-9-5-2-6-10-21/h3-4,7-8,11-12,20H,2,5-6,9-10,13H2,1H3. The number of hydrogen-bond acceptors (Lipinski definition) is 6. The van der Waals surface area contributed by atoms with Crippen LogP contribution in [0, 0.1) is 0 Å². The number of carbonyl (C=O) groups is 2. The molecule has 0 spiro atoms. The van der Waals surface area contributed by atoms with Crippen LogP contribution in [0.25, 0.3) is 0 Å². The number of benzene rings is 1. The van der Waals surface area contributed by atoms with E-state index in [9.17, 15) is 18.0 Å². The van der Waals surface area contributed by atoms with Crippen molar-refractivity contribution in [3.63, 3.8) is 0 Å². The number of carbonyl (C=O) groups excluding carboxylic acids is 2. The third-order valence-electron chi connectivity index (χ3n) is 4.48. The van der Waals surface area contributed by atoms with Crippen molar-refractivity contribution in [3.05, 3.63) is 42.2 Å². The summed E-state index contributed by atoms with van der Waals surface area (Å²) in [5.74, 6) is -0.739. The van der Waals surface area contributed by atoms with E-state index in [0.29, 0.717) is 18.7 Å². The lowest BCUT2D eigenvalue weighted by molar-refractivity contribution is -0.141. The zero-order valence-corrected chi connectivity index (χ0v) is 16.3. The summed E-state index contributed by atoms with van der Waals surface area (Å²) in [6.07, 6.45) is 5.35. The van der Waals surface area contributed by atoms with Gasteiger partial charge in [-0.15, -0.1) is 0 Å². The van der Waals surface area contributed by atoms with E-state index >= 15 is 0 Å². The van der Waals surface area contributed by atoms with Gasteiger partial charge in [-0.2, -0.15) is 5.10 Å². The van der Waals surface area contributed by atoms with Crippen molar-refractivity contribution in [2.45, 2.75) is 30.7 Å². The van der Waals surface area contributed by atoms with Gasteiger partial charge in [0.2, 0.25) is 0 Å². The van der Waals surface area contributed by atoms with Crippen LogP contribution in [-0.2, 0) is 26.1 Å². The molecule has 28 heavy (non-hydrogen) atoms. The zero-order chi connectivity index (χ0) is 20.1. The molecule has 0 saturated carbocycles. The van der Waals surface area contributed by atoms with Crippen LogP contribution in [0.4, 0.5) is 5.69 Å². The van der Waals surface area contributed by atoms with Gasteiger partial charge >= 0.3 is 5.97 Å². The van der Waals surface area contributed by atoms with Crippen LogP contribution in [0.3, 0.4) is 0 Å². The Morgan fingerprint density at radius 2 is 1.89 bits per heavy atom. The summed E-state index contributed by atoms with van der Waals surface area (Å²) in [5.41, 5.74) is 0.508. The Bertz CT molecular complexity index is 964. The third-order valence-corrected chi connectivity index (χ3v) is 5.80. The molecular formula is C18H22N4O5S. The van der Waals surface area contributed by atoms with E-state index in [4.69, 9.17) is 0 Å². The molecule has 1 fully saturated rings. The Kier molecular flexibility index (Phi) is 5.98.